The van der Waals surface area contributed by atoms with E-state index in [9.17, 15) is 19.5 Å². The highest BCUT2D eigenvalue weighted by atomic mass is 16.7. The number of carbonyl (C=O) groups is 3. The molecule has 2 spiro atoms. The minimum absolute atomic E-state index is 0.0595. The second-order valence-electron chi connectivity index (χ2n) is 8.78. The Morgan fingerprint density at radius 3 is 2.61 bits per heavy atom. The molecule has 1 N–H and O–H groups in total. The minimum Gasteiger partial charge on any atom is -0.458 e. The first-order valence-electron chi connectivity index (χ1n) is 9.61. The van der Waals surface area contributed by atoms with Crippen LogP contribution < -0.4 is 0 Å². The Hall–Kier alpha value is -1.77. The third kappa shape index (κ3) is 2.25. The van der Waals surface area contributed by atoms with Gasteiger partial charge >= 0.3 is 11.9 Å². The summed E-state index contributed by atoms with van der Waals surface area (Å²) in [6, 6.07) is 0. The van der Waals surface area contributed by atoms with Crippen molar-refractivity contribution in [3.63, 3.8) is 0 Å². The molecule has 8 nitrogen and oxygen atoms in total. The van der Waals surface area contributed by atoms with Gasteiger partial charge in [0, 0.05) is 20.0 Å². The average molecular weight is 394 g/mol. The molecule has 0 aromatic heterocycles. The maximum atomic E-state index is 13.5. The quantitative estimate of drug-likeness (QED) is 0.542. The number of carbonyl (C=O) groups excluding carboxylic acids is 3. The fourth-order valence-corrected chi connectivity index (χ4v) is 5.45. The van der Waals surface area contributed by atoms with Gasteiger partial charge in [0.25, 0.3) is 0 Å². The third-order valence-corrected chi connectivity index (χ3v) is 6.90. The molecule has 4 aliphatic rings. The summed E-state index contributed by atoms with van der Waals surface area (Å²) in [4.78, 5) is 38.8. The first kappa shape index (κ1) is 19.5. The molecule has 4 rings (SSSR count). The molecule has 2 bridgehead atoms. The fraction of sp³-hybridized carbons (Fsp3) is 0.750. The van der Waals surface area contributed by atoms with E-state index in [1.54, 1.807) is 26.8 Å². The third-order valence-electron chi connectivity index (χ3n) is 6.90. The number of ether oxygens (including phenoxy) is 4. The number of esters is 2. The van der Waals surface area contributed by atoms with Crippen molar-refractivity contribution < 1.29 is 38.4 Å². The predicted octanol–water partition coefficient (Wildman–Crippen LogP) is 0.838. The zero-order chi connectivity index (χ0) is 20.5. The smallest absolute Gasteiger partial charge is 0.337 e. The lowest BCUT2D eigenvalue weighted by molar-refractivity contribution is -0.273. The van der Waals surface area contributed by atoms with E-state index in [2.05, 4.69) is 0 Å². The maximum Gasteiger partial charge on any atom is 0.337 e. The van der Waals surface area contributed by atoms with Crippen molar-refractivity contribution in [1.82, 2.24) is 0 Å². The summed E-state index contributed by atoms with van der Waals surface area (Å²) >= 11 is 0. The molecule has 4 aliphatic heterocycles. The largest absolute Gasteiger partial charge is 0.458 e. The lowest BCUT2D eigenvalue weighted by Crippen LogP contribution is -2.71. The standard InChI is InChI=1S/C20H26O8/c1-5-11-16(23)27-18(3)9-14-20(12(10-25-4)15(22)26-14)13(21)8-17(2,24)6-7-19(11,18)28-20/h5,12,14,24H,6-10H2,1-4H3/b11-5-/t12-,14-,17+,18+,19-,20-/m0/s1. The van der Waals surface area contributed by atoms with E-state index in [1.165, 1.54) is 7.11 Å². The number of aliphatic hydroxyl groups is 1. The SMILES string of the molecule is C/C=C1/C(=O)O[C@]2(C)C[C@@H]3OC(=O)[C@H](COC)[C@@]34O[C@@]12CC[C@@](C)(O)CC4=O. The summed E-state index contributed by atoms with van der Waals surface area (Å²) < 4.78 is 23.1. The minimum atomic E-state index is -1.63. The molecular weight excluding hydrogens is 368 g/mol. The molecule has 0 aliphatic carbocycles. The Kier molecular flexibility index (Phi) is 4.10. The summed E-state index contributed by atoms with van der Waals surface area (Å²) in [6.07, 6.45) is 1.21. The first-order chi connectivity index (χ1) is 13.1. The van der Waals surface area contributed by atoms with E-state index in [1.807, 2.05) is 0 Å². The number of allylic oxidation sites excluding steroid dienone is 1. The van der Waals surface area contributed by atoms with Crippen LogP contribution in [0.5, 0.6) is 0 Å². The Morgan fingerprint density at radius 2 is 1.96 bits per heavy atom. The molecule has 4 heterocycles. The molecule has 154 valence electrons. The van der Waals surface area contributed by atoms with E-state index in [0.717, 1.165) is 0 Å². The molecule has 8 heteroatoms. The van der Waals surface area contributed by atoms with E-state index in [4.69, 9.17) is 18.9 Å². The van der Waals surface area contributed by atoms with Gasteiger partial charge in [0.2, 0.25) is 0 Å². The first-order valence-corrected chi connectivity index (χ1v) is 9.61. The van der Waals surface area contributed by atoms with Gasteiger partial charge in [-0.25, -0.2) is 4.79 Å². The second-order valence-corrected chi connectivity index (χ2v) is 8.78. The Bertz CT molecular complexity index is 785. The van der Waals surface area contributed by atoms with Crippen LogP contribution in [-0.4, -0.2) is 65.1 Å². The average Bonchev–Trinajstić information content (AvgIpc) is 2.97. The van der Waals surface area contributed by atoms with Crippen molar-refractivity contribution in [1.29, 1.82) is 0 Å². The summed E-state index contributed by atoms with van der Waals surface area (Å²) in [5, 5.41) is 10.9. The number of hydrogen-bond acceptors (Lipinski definition) is 8. The maximum absolute atomic E-state index is 13.5. The number of hydrogen-bond donors (Lipinski definition) is 1. The van der Waals surface area contributed by atoms with Crippen LogP contribution in [0.4, 0.5) is 0 Å². The van der Waals surface area contributed by atoms with Crippen LogP contribution in [0, 0.1) is 5.92 Å². The van der Waals surface area contributed by atoms with Gasteiger partial charge in [-0.05, 0) is 33.6 Å². The predicted molar refractivity (Wildman–Crippen MR) is 94.1 cm³/mol. The highest BCUT2D eigenvalue weighted by Crippen LogP contribution is 2.60. The molecule has 28 heavy (non-hydrogen) atoms. The van der Waals surface area contributed by atoms with E-state index in [-0.39, 0.29) is 32.3 Å². The summed E-state index contributed by atoms with van der Waals surface area (Å²) in [5.74, 6) is -2.47. The van der Waals surface area contributed by atoms with Gasteiger partial charge in [0.15, 0.2) is 11.4 Å². The van der Waals surface area contributed by atoms with Gasteiger partial charge < -0.3 is 24.1 Å². The number of ketones is 1. The summed E-state index contributed by atoms with van der Waals surface area (Å²) in [5.41, 5.74) is -4.99. The van der Waals surface area contributed by atoms with Crippen molar-refractivity contribution in [3.8, 4) is 0 Å². The van der Waals surface area contributed by atoms with Crippen molar-refractivity contribution in [2.45, 2.75) is 75.0 Å². The molecule has 0 saturated carbocycles. The van der Waals surface area contributed by atoms with Gasteiger partial charge in [0.1, 0.15) is 23.2 Å². The number of Topliss-reactive ketones (excluding diaryl/α,β-unsaturated/α-hetero) is 1. The van der Waals surface area contributed by atoms with Crippen LogP contribution >= 0.6 is 0 Å². The van der Waals surface area contributed by atoms with E-state index >= 15 is 0 Å². The van der Waals surface area contributed by atoms with Gasteiger partial charge in [-0.3, -0.25) is 9.59 Å². The highest BCUT2D eigenvalue weighted by molar-refractivity contribution is 5.99. The van der Waals surface area contributed by atoms with Gasteiger partial charge in [-0.1, -0.05) is 6.08 Å². The van der Waals surface area contributed by atoms with E-state index in [0.29, 0.717) is 5.57 Å². The zero-order valence-electron chi connectivity index (χ0n) is 16.6. The van der Waals surface area contributed by atoms with Gasteiger partial charge in [-0.2, -0.15) is 0 Å². The summed E-state index contributed by atoms with van der Waals surface area (Å²) in [7, 11) is 1.43. The molecule has 6 atom stereocenters. The van der Waals surface area contributed by atoms with Crippen molar-refractivity contribution in [3.05, 3.63) is 11.6 Å². The highest BCUT2D eigenvalue weighted by Gasteiger charge is 2.77. The Balaban J connectivity index is 1.96. The fourth-order valence-electron chi connectivity index (χ4n) is 5.45. The molecule has 0 aromatic carbocycles. The molecule has 0 amide bonds. The molecule has 4 saturated heterocycles. The number of methoxy groups -OCH3 is 1. The van der Waals surface area contributed by atoms with E-state index < -0.39 is 52.1 Å². The van der Waals surface area contributed by atoms with Crippen molar-refractivity contribution in [2.24, 2.45) is 5.92 Å². The lowest BCUT2D eigenvalue weighted by atomic mass is 9.63. The van der Waals surface area contributed by atoms with Crippen LogP contribution in [0.3, 0.4) is 0 Å². The lowest BCUT2D eigenvalue weighted by Gasteiger charge is -2.55. The van der Waals surface area contributed by atoms with Crippen LogP contribution in [-0.2, 0) is 33.3 Å². The topological polar surface area (TPSA) is 108 Å². The zero-order valence-corrected chi connectivity index (χ0v) is 16.6. The van der Waals surface area contributed by atoms with Crippen LogP contribution in [0.15, 0.2) is 11.6 Å². The van der Waals surface area contributed by atoms with Crippen LogP contribution in [0.25, 0.3) is 0 Å². The van der Waals surface area contributed by atoms with Gasteiger partial charge in [-0.15, -0.1) is 0 Å². The Labute approximate surface area is 163 Å². The van der Waals surface area contributed by atoms with Crippen LogP contribution in [0.2, 0.25) is 0 Å². The molecule has 0 radical (unpaired) electrons. The molecular formula is C20H26O8. The molecule has 0 aromatic rings. The molecule has 0 unspecified atom stereocenters. The molecule has 4 fully saturated rings. The Morgan fingerprint density at radius 1 is 1.25 bits per heavy atom. The van der Waals surface area contributed by atoms with Gasteiger partial charge in [0.05, 0.1) is 17.8 Å². The number of rotatable bonds is 2. The van der Waals surface area contributed by atoms with Crippen molar-refractivity contribution in [2.75, 3.05) is 13.7 Å². The normalized spacial score (nSPS) is 49.2. The monoisotopic (exact) mass is 394 g/mol. The summed E-state index contributed by atoms with van der Waals surface area (Å²) in [6.45, 7) is 4.97. The second kappa shape index (κ2) is 5.87. The van der Waals surface area contributed by atoms with Crippen LogP contribution in [0.1, 0.15) is 46.5 Å². The van der Waals surface area contributed by atoms with Crippen molar-refractivity contribution >= 4 is 17.7 Å².